The molecule has 6 heteroatoms. The molecular weight excluding hydrogens is 403 g/mol. The Labute approximate surface area is 159 Å². The summed E-state index contributed by atoms with van der Waals surface area (Å²) < 4.78 is 5.78. The highest BCUT2D eigenvalue weighted by atomic mass is 127. The Bertz CT molecular complexity index is 337. The van der Waals surface area contributed by atoms with Gasteiger partial charge in [0.25, 0.3) is 0 Å². The molecule has 0 aromatic rings. The minimum atomic E-state index is 0. The van der Waals surface area contributed by atoms with Crippen molar-refractivity contribution in [2.24, 2.45) is 4.99 Å². The minimum absolute atomic E-state index is 0. The van der Waals surface area contributed by atoms with Gasteiger partial charge in [-0.3, -0.25) is 9.89 Å². The van der Waals surface area contributed by atoms with Gasteiger partial charge in [0.15, 0.2) is 5.96 Å². The first kappa shape index (κ1) is 21.0. The first-order valence-corrected chi connectivity index (χ1v) is 9.10. The molecular formula is C17H35IN4O. The van der Waals surface area contributed by atoms with E-state index in [0.717, 1.165) is 45.1 Å². The van der Waals surface area contributed by atoms with Crippen LogP contribution < -0.4 is 10.6 Å². The monoisotopic (exact) mass is 438 g/mol. The van der Waals surface area contributed by atoms with E-state index in [0.29, 0.717) is 18.2 Å². The van der Waals surface area contributed by atoms with Crippen LogP contribution in [0.2, 0.25) is 0 Å². The van der Waals surface area contributed by atoms with Gasteiger partial charge >= 0.3 is 0 Å². The quantitative estimate of drug-likeness (QED) is 0.290. The molecule has 2 N–H and O–H groups in total. The smallest absolute Gasteiger partial charge is 0.191 e. The lowest BCUT2D eigenvalue weighted by Gasteiger charge is -2.35. The fourth-order valence-electron chi connectivity index (χ4n) is 3.54. The normalized spacial score (nSPS) is 26.8. The van der Waals surface area contributed by atoms with Gasteiger partial charge in [-0.05, 0) is 40.0 Å². The van der Waals surface area contributed by atoms with Crippen LogP contribution >= 0.6 is 24.0 Å². The summed E-state index contributed by atoms with van der Waals surface area (Å²) in [4.78, 5) is 7.24. The van der Waals surface area contributed by atoms with Gasteiger partial charge in [0.05, 0.1) is 12.2 Å². The fourth-order valence-corrected chi connectivity index (χ4v) is 3.54. The van der Waals surface area contributed by atoms with Crippen molar-refractivity contribution in [3.63, 3.8) is 0 Å². The topological polar surface area (TPSA) is 48.9 Å². The number of ether oxygens (including phenoxy) is 1. The number of morpholine rings is 1. The van der Waals surface area contributed by atoms with Crippen molar-refractivity contribution in [2.45, 2.75) is 71.1 Å². The van der Waals surface area contributed by atoms with Crippen LogP contribution in [-0.2, 0) is 4.74 Å². The molecule has 1 heterocycles. The molecule has 136 valence electrons. The molecule has 1 aliphatic heterocycles. The maximum atomic E-state index is 5.78. The molecule has 0 amide bonds. The van der Waals surface area contributed by atoms with E-state index in [-0.39, 0.29) is 24.0 Å². The molecule has 0 radical (unpaired) electrons. The largest absolute Gasteiger partial charge is 0.373 e. The van der Waals surface area contributed by atoms with Gasteiger partial charge < -0.3 is 15.4 Å². The Balaban J connectivity index is 0.00000264. The lowest BCUT2D eigenvalue weighted by molar-refractivity contribution is -0.0679. The van der Waals surface area contributed by atoms with Gasteiger partial charge in [-0.25, -0.2) is 0 Å². The van der Waals surface area contributed by atoms with Crippen LogP contribution in [-0.4, -0.2) is 61.8 Å². The molecule has 2 aliphatic rings. The van der Waals surface area contributed by atoms with E-state index < -0.39 is 0 Å². The third-order valence-electron chi connectivity index (χ3n) is 4.44. The number of hydrogen-bond donors (Lipinski definition) is 2. The van der Waals surface area contributed by atoms with Gasteiger partial charge in [-0.2, -0.15) is 0 Å². The molecule has 0 spiro atoms. The van der Waals surface area contributed by atoms with Crippen LogP contribution in [0.15, 0.2) is 4.99 Å². The molecule has 1 aliphatic carbocycles. The molecule has 0 bridgehead atoms. The number of rotatable bonds is 6. The van der Waals surface area contributed by atoms with Gasteiger partial charge in [-0.15, -0.1) is 24.0 Å². The van der Waals surface area contributed by atoms with Crippen molar-refractivity contribution in [3.05, 3.63) is 0 Å². The molecule has 2 rings (SSSR count). The molecule has 2 fully saturated rings. The number of hydrogen-bond acceptors (Lipinski definition) is 3. The first-order chi connectivity index (χ1) is 10.7. The van der Waals surface area contributed by atoms with Gasteiger partial charge in [-0.1, -0.05) is 12.8 Å². The number of nitrogens with zero attached hydrogens (tertiary/aromatic N) is 2. The lowest BCUT2D eigenvalue weighted by atomic mass is 10.2. The number of nitrogens with one attached hydrogen (secondary N) is 2. The van der Waals surface area contributed by atoms with Crippen LogP contribution in [0.5, 0.6) is 0 Å². The molecule has 0 aromatic carbocycles. The van der Waals surface area contributed by atoms with Gasteiger partial charge in [0.2, 0.25) is 0 Å². The zero-order chi connectivity index (χ0) is 15.8. The Hall–Kier alpha value is -0.0800. The van der Waals surface area contributed by atoms with E-state index >= 15 is 0 Å². The van der Waals surface area contributed by atoms with Crippen molar-refractivity contribution in [2.75, 3.05) is 32.7 Å². The zero-order valence-corrected chi connectivity index (χ0v) is 17.3. The summed E-state index contributed by atoms with van der Waals surface area (Å²) in [6.07, 6.45) is 7.10. The van der Waals surface area contributed by atoms with Crippen molar-refractivity contribution in [1.29, 1.82) is 0 Å². The van der Waals surface area contributed by atoms with Crippen LogP contribution in [0, 0.1) is 0 Å². The van der Waals surface area contributed by atoms with Crippen molar-refractivity contribution < 1.29 is 4.74 Å². The SMILES string of the molecule is CCNC(=NCCCN1CC(C)OC(C)C1)NC1CCCC1.I. The highest BCUT2D eigenvalue weighted by Gasteiger charge is 2.21. The van der Waals surface area contributed by atoms with Gasteiger partial charge in [0, 0.05) is 38.8 Å². The number of halogens is 1. The average molecular weight is 438 g/mol. The number of aliphatic imine (C=N–C) groups is 1. The summed E-state index contributed by atoms with van der Waals surface area (Å²) in [6.45, 7) is 11.5. The molecule has 2 unspecified atom stereocenters. The van der Waals surface area contributed by atoms with E-state index in [4.69, 9.17) is 9.73 Å². The highest BCUT2D eigenvalue weighted by molar-refractivity contribution is 14.0. The minimum Gasteiger partial charge on any atom is -0.373 e. The molecule has 23 heavy (non-hydrogen) atoms. The highest BCUT2D eigenvalue weighted by Crippen LogP contribution is 2.17. The molecule has 1 saturated heterocycles. The van der Waals surface area contributed by atoms with E-state index in [1.54, 1.807) is 0 Å². The maximum absolute atomic E-state index is 5.78. The lowest BCUT2D eigenvalue weighted by Crippen LogP contribution is -2.45. The summed E-state index contributed by atoms with van der Waals surface area (Å²) in [5.41, 5.74) is 0. The second kappa shape index (κ2) is 11.5. The van der Waals surface area contributed by atoms with Crippen LogP contribution in [0.3, 0.4) is 0 Å². The molecule has 1 saturated carbocycles. The fraction of sp³-hybridized carbons (Fsp3) is 0.941. The van der Waals surface area contributed by atoms with E-state index in [1.807, 2.05) is 0 Å². The average Bonchev–Trinajstić information content (AvgIpc) is 2.95. The van der Waals surface area contributed by atoms with Crippen LogP contribution in [0.4, 0.5) is 0 Å². The molecule has 5 nitrogen and oxygen atoms in total. The van der Waals surface area contributed by atoms with Crippen molar-refractivity contribution in [1.82, 2.24) is 15.5 Å². The number of guanidine groups is 1. The second-order valence-corrected chi connectivity index (χ2v) is 6.76. The Kier molecular flexibility index (Phi) is 10.5. The van der Waals surface area contributed by atoms with Gasteiger partial charge in [0.1, 0.15) is 0 Å². The maximum Gasteiger partial charge on any atom is 0.191 e. The standard InChI is InChI=1S/C17H34N4O.HI/c1-4-18-17(20-16-8-5-6-9-16)19-10-7-11-21-12-14(2)22-15(3)13-21;/h14-16H,4-13H2,1-3H3,(H2,18,19,20);1H. The van der Waals surface area contributed by atoms with Crippen LogP contribution in [0.1, 0.15) is 52.9 Å². The molecule has 0 aromatic heterocycles. The Morgan fingerprint density at radius 2 is 1.83 bits per heavy atom. The second-order valence-electron chi connectivity index (χ2n) is 6.76. The van der Waals surface area contributed by atoms with E-state index in [9.17, 15) is 0 Å². The Morgan fingerprint density at radius 1 is 1.17 bits per heavy atom. The summed E-state index contributed by atoms with van der Waals surface area (Å²) in [5.74, 6) is 0.998. The van der Waals surface area contributed by atoms with Crippen molar-refractivity contribution >= 4 is 29.9 Å². The molecule has 2 atom stereocenters. The predicted octanol–water partition coefficient (Wildman–Crippen LogP) is 2.60. The van der Waals surface area contributed by atoms with E-state index in [2.05, 4.69) is 36.3 Å². The Morgan fingerprint density at radius 3 is 2.43 bits per heavy atom. The summed E-state index contributed by atoms with van der Waals surface area (Å²) in [6, 6.07) is 0.624. The first-order valence-electron chi connectivity index (χ1n) is 9.10. The summed E-state index contributed by atoms with van der Waals surface area (Å²) in [5, 5.41) is 6.94. The third-order valence-corrected chi connectivity index (χ3v) is 4.44. The van der Waals surface area contributed by atoms with Crippen molar-refractivity contribution in [3.8, 4) is 0 Å². The van der Waals surface area contributed by atoms with Crippen LogP contribution in [0.25, 0.3) is 0 Å². The zero-order valence-electron chi connectivity index (χ0n) is 15.0. The summed E-state index contributed by atoms with van der Waals surface area (Å²) in [7, 11) is 0. The van der Waals surface area contributed by atoms with E-state index in [1.165, 1.54) is 25.7 Å². The third kappa shape index (κ3) is 8.03. The summed E-state index contributed by atoms with van der Waals surface area (Å²) >= 11 is 0. The predicted molar refractivity (Wildman–Crippen MR) is 108 cm³/mol.